The minimum Gasteiger partial charge on any atom is -0.399 e. The summed E-state index contributed by atoms with van der Waals surface area (Å²) in [7, 11) is 0. The summed E-state index contributed by atoms with van der Waals surface area (Å²) in [5, 5.41) is 0. The zero-order chi connectivity index (χ0) is 8.43. The van der Waals surface area contributed by atoms with Crippen LogP contribution in [-0.2, 0) is 0 Å². The number of halogens is 2. The molecule has 0 aliphatic heterocycles. The van der Waals surface area contributed by atoms with Gasteiger partial charge in [0.25, 0.3) is 0 Å². The normalized spacial score (nSPS) is 9.18. The van der Waals surface area contributed by atoms with Crippen LogP contribution in [0.4, 0.5) is 14.5 Å². The molecule has 1 aromatic rings. The SMILES string of the molecule is C#Cc1c(F)cc(N)cc1F. The number of anilines is 1. The summed E-state index contributed by atoms with van der Waals surface area (Å²) in [5.74, 6) is 0.283. The van der Waals surface area contributed by atoms with Crippen LogP contribution in [0.25, 0.3) is 0 Å². The second-order valence-corrected chi connectivity index (χ2v) is 2.00. The molecule has 0 heterocycles. The lowest BCUT2D eigenvalue weighted by atomic mass is 10.2. The summed E-state index contributed by atoms with van der Waals surface area (Å²) in [6.45, 7) is 0. The van der Waals surface area contributed by atoms with Crippen molar-refractivity contribution in [2.75, 3.05) is 5.73 Å². The van der Waals surface area contributed by atoms with Crippen LogP contribution in [0.2, 0.25) is 0 Å². The van der Waals surface area contributed by atoms with E-state index in [0.717, 1.165) is 12.1 Å². The average molecular weight is 153 g/mol. The molecule has 11 heavy (non-hydrogen) atoms. The second-order valence-electron chi connectivity index (χ2n) is 2.00. The van der Waals surface area contributed by atoms with Crippen molar-refractivity contribution in [1.82, 2.24) is 0 Å². The molecule has 0 saturated carbocycles. The van der Waals surface area contributed by atoms with Crippen LogP contribution in [0.1, 0.15) is 5.56 Å². The molecule has 0 unspecified atom stereocenters. The summed E-state index contributed by atoms with van der Waals surface area (Å²) >= 11 is 0. The van der Waals surface area contributed by atoms with Crippen molar-refractivity contribution in [2.24, 2.45) is 0 Å². The van der Waals surface area contributed by atoms with Gasteiger partial charge in [-0.05, 0) is 12.1 Å². The van der Waals surface area contributed by atoms with E-state index in [9.17, 15) is 8.78 Å². The zero-order valence-corrected chi connectivity index (χ0v) is 5.57. The van der Waals surface area contributed by atoms with Gasteiger partial charge in [-0.3, -0.25) is 0 Å². The maximum atomic E-state index is 12.6. The lowest BCUT2D eigenvalue weighted by molar-refractivity contribution is 0.579. The Kier molecular flexibility index (Phi) is 1.77. The maximum absolute atomic E-state index is 12.6. The van der Waals surface area contributed by atoms with Crippen LogP contribution in [0.15, 0.2) is 12.1 Å². The molecule has 1 nitrogen and oxygen atoms in total. The van der Waals surface area contributed by atoms with E-state index in [0.29, 0.717) is 0 Å². The van der Waals surface area contributed by atoms with Gasteiger partial charge in [0.05, 0.1) is 5.56 Å². The third-order valence-electron chi connectivity index (χ3n) is 1.21. The van der Waals surface area contributed by atoms with Gasteiger partial charge in [-0.15, -0.1) is 6.42 Å². The number of nitrogens with two attached hydrogens (primary N) is 1. The van der Waals surface area contributed by atoms with Gasteiger partial charge in [-0.2, -0.15) is 0 Å². The first-order valence-corrected chi connectivity index (χ1v) is 2.86. The third-order valence-corrected chi connectivity index (χ3v) is 1.21. The third kappa shape index (κ3) is 1.30. The Morgan fingerprint density at radius 1 is 1.27 bits per heavy atom. The molecule has 0 fully saturated rings. The van der Waals surface area contributed by atoms with Crippen molar-refractivity contribution in [1.29, 1.82) is 0 Å². The number of terminal acetylenes is 1. The molecule has 2 N–H and O–H groups in total. The summed E-state index contributed by atoms with van der Waals surface area (Å²) in [6.07, 6.45) is 4.83. The highest BCUT2D eigenvalue weighted by Gasteiger charge is 2.06. The van der Waals surface area contributed by atoms with Crippen molar-refractivity contribution < 1.29 is 8.78 Å². The van der Waals surface area contributed by atoms with Crippen LogP contribution in [0.3, 0.4) is 0 Å². The molecule has 56 valence electrons. The van der Waals surface area contributed by atoms with Gasteiger partial charge < -0.3 is 5.73 Å². The molecule has 1 rings (SSSR count). The predicted molar refractivity (Wildman–Crippen MR) is 38.7 cm³/mol. The molecule has 0 radical (unpaired) electrons. The molecule has 0 saturated heterocycles. The van der Waals surface area contributed by atoms with Crippen molar-refractivity contribution in [2.45, 2.75) is 0 Å². The van der Waals surface area contributed by atoms with Crippen molar-refractivity contribution in [3.63, 3.8) is 0 Å². The Morgan fingerprint density at radius 3 is 2.09 bits per heavy atom. The molecule has 0 aliphatic rings. The van der Waals surface area contributed by atoms with E-state index >= 15 is 0 Å². The van der Waals surface area contributed by atoms with Gasteiger partial charge in [0.1, 0.15) is 11.6 Å². The van der Waals surface area contributed by atoms with Crippen molar-refractivity contribution in [3.05, 3.63) is 29.3 Å². The van der Waals surface area contributed by atoms with Gasteiger partial charge in [0, 0.05) is 5.69 Å². The number of nitrogen functional groups attached to an aromatic ring is 1. The van der Waals surface area contributed by atoms with Gasteiger partial charge >= 0.3 is 0 Å². The van der Waals surface area contributed by atoms with Gasteiger partial charge in [0.2, 0.25) is 0 Å². The maximum Gasteiger partial charge on any atom is 0.143 e. The molecule has 0 bridgehead atoms. The largest absolute Gasteiger partial charge is 0.399 e. The number of benzene rings is 1. The molecule has 0 aliphatic carbocycles. The number of hydrogen-bond acceptors (Lipinski definition) is 1. The van der Waals surface area contributed by atoms with E-state index in [1.807, 2.05) is 5.92 Å². The van der Waals surface area contributed by atoms with Gasteiger partial charge in [0.15, 0.2) is 0 Å². The van der Waals surface area contributed by atoms with Crippen LogP contribution in [0.5, 0.6) is 0 Å². The van der Waals surface area contributed by atoms with Crippen LogP contribution >= 0.6 is 0 Å². The quantitative estimate of drug-likeness (QED) is 0.444. The van der Waals surface area contributed by atoms with E-state index in [1.54, 1.807) is 0 Å². The number of rotatable bonds is 0. The Balaban J connectivity index is 3.40. The average Bonchev–Trinajstić information content (AvgIpc) is 1.85. The lowest BCUT2D eigenvalue weighted by Crippen LogP contribution is -1.93. The molecule has 0 atom stereocenters. The summed E-state index contributed by atoms with van der Waals surface area (Å²) in [6, 6.07) is 1.97. The van der Waals surface area contributed by atoms with Crippen LogP contribution in [0, 0.1) is 24.0 Å². The summed E-state index contributed by atoms with van der Waals surface area (Å²) in [5.41, 5.74) is 4.79. The first kappa shape index (κ1) is 7.55. The first-order valence-electron chi connectivity index (χ1n) is 2.86. The predicted octanol–water partition coefficient (Wildman–Crippen LogP) is 1.53. The van der Waals surface area contributed by atoms with E-state index in [4.69, 9.17) is 12.2 Å². The second kappa shape index (κ2) is 2.59. The fraction of sp³-hybridized carbons (Fsp3) is 0. The molecular formula is C8H5F2N. The summed E-state index contributed by atoms with van der Waals surface area (Å²) < 4.78 is 25.3. The van der Waals surface area contributed by atoms with E-state index in [2.05, 4.69) is 0 Å². The molecular weight excluding hydrogens is 148 g/mol. The minimum absolute atomic E-state index is 0.0269. The Bertz CT molecular complexity index is 302. The standard InChI is InChI=1S/C8H5F2N/c1-2-6-7(9)3-5(11)4-8(6)10/h1,3-4H,11H2. The van der Waals surface area contributed by atoms with Gasteiger partial charge in [-0.1, -0.05) is 5.92 Å². The molecule has 0 amide bonds. The van der Waals surface area contributed by atoms with Crippen molar-refractivity contribution in [3.8, 4) is 12.3 Å². The first-order chi connectivity index (χ1) is 5.15. The van der Waals surface area contributed by atoms with Crippen molar-refractivity contribution >= 4 is 5.69 Å². The van der Waals surface area contributed by atoms with Crippen LogP contribution < -0.4 is 5.73 Å². The fourth-order valence-electron chi connectivity index (χ4n) is 0.731. The summed E-state index contributed by atoms with van der Waals surface area (Å²) in [4.78, 5) is 0. The lowest BCUT2D eigenvalue weighted by Gasteiger charge is -1.97. The topological polar surface area (TPSA) is 26.0 Å². The number of hydrogen-bond donors (Lipinski definition) is 1. The van der Waals surface area contributed by atoms with E-state index in [-0.39, 0.29) is 11.3 Å². The van der Waals surface area contributed by atoms with E-state index < -0.39 is 11.6 Å². The fourth-order valence-corrected chi connectivity index (χ4v) is 0.731. The zero-order valence-electron chi connectivity index (χ0n) is 5.57. The minimum atomic E-state index is -0.801. The van der Waals surface area contributed by atoms with E-state index in [1.165, 1.54) is 0 Å². The Hall–Kier alpha value is -1.56. The monoisotopic (exact) mass is 153 g/mol. The Morgan fingerprint density at radius 2 is 1.73 bits per heavy atom. The highest BCUT2D eigenvalue weighted by Crippen LogP contribution is 2.14. The smallest absolute Gasteiger partial charge is 0.143 e. The van der Waals surface area contributed by atoms with Gasteiger partial charge in [-0.25, -0.2) is 8.78 Å². The Labute approximate surface area is 62.8 Å². The molecule has 3 heteroatoms. The molecule has 1 aromatic carbocycles. The highest BCUT2D eigenvalue weighted by atomic mass is 19.1. The van der Waals surface area contributed by atoms with Crippen LogP contribution in [-0.4, -0.2) is 0 Å². The molecule has 0 aromatic heterocycles. The highest BCUT2D eigenvalue weighted by molar-refractivity contribution is 5.46. The molecule has 0 spiro atoms.